The molecule has 0 N–H and O–H groups in total. The molecule has 2 rings (SSSR count). The summed E-state index contributed by atoms with van der Waals surface area (Å²) in [5, 5.41) is 1.02. The molecule has 1 heterocycles. The smallest absolute Gasteiger partial charge is 0.177 e. The molecule has 0 spiro atoms. The van der Waals surface area contributed by atoms with E-state index in [1.807, 2.05) is 13.1 Å². The van der Waals surface area contributed by atoms with Gasteiger partial charge in [-0.2, -0.15) is 0 Å². The van der Waals surface area contributed by atoms with E-state index in [9.17, 15) is 0 Å². The SMILES string of the molecule is Cn1[c]nc2c(Cl)c(Cl)ccc21. The number of aryl methyl sites for hydroxylation is 1. The van der Waals surface area contributed by atoms with Crippen molar-refractivity contribution >= 4 is 34.2 Å². The van der Waals surface area contributed by atoms with Gasteiger partial charge in [-0.1, -0.05) is 23.2 Å². The van der Waals surface area contributed by atoms with E-state index in [4.69, 9.17) is 23.2 Å². The van der Waals surface area contributed by atoms with Gasteiger partial charge in [0, 0.05) is 7.05 Å². The molecule has 1 radical (unpaired) electrons. The maximum absolute atomic E-state index is 5.91. The van der Waals surface area contributed by atoms with Crippen LogP contribution in [0.15, 0.2) is 12.1 Å². The van der Waals surface area contributed by atoms with E-state index < -0.39 is 0 Å². The van der Waals surface area contributed by atoms with Crippen molar-refractivity contribution in [1.82, 2.24) is 9.55 Å². The zero-order chi connectivity index (χ0) is 8.72. The second-order valence-corrected chi connectivity index (χ2v) is 3.29. The largest absolute Gasteiger partial charge is 0.324 e. The standard InChI is InChI=1S/C8H5Cl2N2/c1-12-4-11-8-6(12)3-2-5(9)7(8)10/h2-3H,1H3. The van der Waals surface area contributed by atoms with Gasteiger partial charge in [-0.05, 0) is 12.1 Å². The van der Waals surface area contributed by atoms with Crippen molar-refractivity contribution in [2.45, 2.75) is 0 Å². The van der Waals surface area contributed by atoms with Gasteiger partial charge in [0.25, 0.3) is 0 Å². The highest BCUT2D eigenvalue weighted by atomic mass is 35.5. The second-order valence-electron chi connectivity index (χ2n) is 2.50. The molecule has 0 atom stereocenters. The van der Waals surface area contributed by atoms with E-state index in [0.29, 0.717) is 15.6 Å². The predicted octanol–water partition coefficient (Wildman–Crippen LogP) is 2.68. The summed E-state index contributed by atoms with van der Waals surface area (Å²) in [6.07, 6.45) is 2.77. The van der Waals surface area contributed by atoms with Crippen molar-refractivity contribution in [2.24, 2.45) is 7.05 Å². The quantitative estimate of drug-likeness (QED) is 0.639. The van der Waals surface area contributed by atoms with Crippen molar-refractivity contribution in [3.8, 4) is 0 Å². The molecule has 4 heteroatoms. The third-order valence-electron chi connectivity index (χ3n) is 1.72. The lowest BCUT2D eigenvalue weighted by molar-refractivity contribution is 0.936. The van der Waals surface area contributed by atoms with E-state index >= 15 is 0 Å². The van der Waals surface area contributed by atoms with E-state index in [-0.39, 0.29) is 0 Å². The van der Waals surface area contributed by atoms with E-state index in [2.05, 4.69) is 11.3 Å². The lowest BCUT2D eigenvalue weighted by Gasteiger charge is -1.96. The van der Waals surface area contributed by atoms with Crippen LogP contribution in [0.3, 0.4) is 0 Å². The monoisotopic (exact) mass is 199 g/mol. The van der Waals surface area contributed by atoms with Crippen molar-refractivity contribution in [3.05, 3.63) is 28.5 Å². The molecule has 0 bridgehead atoms. The number of aromatic nitrogens is 2. The number of fused-ring (bicyclic) bond motifs is 1. The van der Waals surface area contributed by atoms with Gasteiger partial charge < -0.3 is 4.57 Å². The fourth-order valence-electron chi connectivity index (χ4n) is 1.09. The highest BCUT2D eigenvalue weighted by Gasteiger charge is 2.07. The summed E-state index contributed by atoms with van der Waals surface area (Å²) in [5.41, 5.74) is 1.64. The average molecular weight is 200 g/mol. The van der Waals surface area contributed by atoms with Crippen LogP contribution >= 0.6 is 23.2 Å². The van der Waals surface area contributed by atoms with Crippen LogP contribution in [-0.2, 0) is 7.05 Å². The van der Waals surface area contributed by atoms with Gasteiger partial charge in [0.2, 0.25) is 0 Å². The van der Waals surface area contributed by atoms with Gasteiger partial charge >= 0.3 is 0 Å². The summed E-state index contributed by atoms with van der Waals surface area (Å²) in [6.45, 7) is 0. The molecular weight excluding hydrogens is 195 g/mol. The minimum Gasteiger partial charge on any atom is -0.324 e. The molecule has 1 aromatic carbocycles. The molecule has 0 saturated carbocycles. The van der Waals surface area contributed by atoms with Crippen molar-refractivity contribution < 1.29 is 0 Å². The Kier molecular flexibility index (Phi) is 1.74. The first-order valence-electron chi connectivity index (χ1n) is 3.38. The highest BCUT2D eigenvalue weighted by molar-refractivity contribution is 6.44. The molecule has 0 fully saturated rings. The highest BCUT2D eigenvalue weighted by Crippen LogP contribution is 2.28. The number of hydrogen-bond donors (Lipinski definition) is 0. The van der Waals surface area contributed by atoms with Gasteiger partial charge in [-0.25, -0.2) is 4.98 Å². The second kappa shape index (κ2) is 2.64. The number of benzene rings is 1. The fourth-order valence-corrected chi connectivity index (χ4v) is 1.44. The first-order chi connectivity index (χ1) is 5.70. The molecule has 0 aliphatic heterocycles. The van der Waals surface area contributed by atoms with Crippen molar-refractivity contribution in [2.75, 3.05) is 0 Å². The van der Waals surface area contributed by atoms with Crippen LogP contribution in [-0.4, -0.2) is 9.55 Å². The molecule has 0 amide bonds. The van der Waals surface area contributed by atoms with Crippen LogP contribution in [0.2, 0.25) is 10.0 Å². The molecule has 2 aromatic rings. The number of imidazole rings is 1. The lowest BCUT2D eigenvalue weighted by atomic mass is 10.3. The molecule has 0 aliphatic rings. The summed E-state index contributed by atoms with van der Waals surface area (Å²) in [7, 11) is 1.86. The van der Waals surface area contributed by atoms with Gasteiger partial charge in [-0.15, -0.1) is 0 Å². The summed E-state index contributed by atoms with van der Waals surface area (Å²) in [4.78, 5) is 4.00. The number of rotatable bonds is 0. The fraction of sp³-hybridized carbons (Fsp3) is 0.125. The molecule has 61 valence electrons. The Morgan fingerprint density at radius 3 is 2.92 bits per heavy atom. The zero-order valence-electron chi connectivity index (χ0n) is 6.31. The van der Waals surface area contributed by atoms with Gasteiger partial charge in [-0.3, -0.25) is 0 Å². The molecule has 0 unspecified atom stereocenters. The first kappa shape index (κ1) is 7.90. The lowest BCUT2D eigenvalue weighted by Crippen LogP contribution is -1.83. The third kappa shape index (κ3) is 0.993. The van der Waals surface area contributed by atoms with Crippen LogP contribution < -0.4 is 0 Å². The third-order valence-corrected chi connectivity index (χ3v) is 2.52. The van der Waals surface area contributed by atoms with Crippen LogP contribution in [0.25, 0.3) is 11.0 Å². The van der Waals surface area contributed by atoms with E-state index in [0.717, 1.165) is 5.52 Å². The predicted molar refractivity (Wildman–Crippen MR) is 49.6 cm³/mol. The van der Waals surface area contributed by atoms with Crippen molar-refractivity contribution in [3.63, 3.8) is 0 Å². The number of halogens is 2. The van der Waals surface area contributed by atoms with Crippen LogP contribution in [0.1, 0.15) is 0 Å². The van der Waals surface area contributed by atoms with Gasteiger partial charge in [0.15, 0.2) is 6.33 Å². The molecule has 12 heavy (non-hydrogen) atoms. The minimum absolute atomic E-state index is 0.492. The number of hydrogen-bond acceptors (Lipinski definition) is 1. The molecule has 2 nitrogen and oxygen atoms in total. The van der Waals surface area contributed by atoms with Gasteiger partial charge in [0.1, 0.15) is 5.52 Å². The molecule has 0 aliphatic carbocycles. The van der Waals surface area contributed by atoms with Crippen LogP contribution in [0.5, 0.6) is 0 Å². The van der Waals surface area contributed by atoms with Crippen LogP contribution in [0.4, 0.5) is 0 Å². The molecule has 0 saturated heterocycles. The molecule has 1 aromatic heterocycles. The minimum atomic E-state index is 0.492. The van der Waals surface area contributed by atoms with E-state index in [1.165, 1.54) is 0 Å². The number of nitrogens with zero attached hydrogens (tertiary/aromatic N) is 2. The van der Waals surface area contributed by atoms with Crippen molar-refractivity contribution in [1.29, 1.82) is 0 Å². The first-order valence-corrected chi connectivity index (χ1v) is 4.14. The zero-order valence-corrected chi connectivity index (χ0v) is 7.82. The normalized spacial score (nSPS) is 10.9. The molecular formula is C8H5Cl2N2. The summed E-state index contributed by atoms with van der Waals surface area (Å²) in [5.74, 6) is 0. The Morgan fingerprint density at radius 1 is 1.42 bits per heavy atom. The Morgan fingerprint density at radius 2 is 2.17 bits per heavy atom. The van der Waals surface area contributed by atoms with Crippen LogP contribution in [0, 0.1) is 6.33 Å². The summed E-state index contributed by atoms with van der Waals surface area (Å²) >= 11 is 11.7. The van der Waals surface area contributed by atoms with Gasteiger partial charge in [0.05, 0.1) is 15.6 Å². The Labute approximate surface area is 79.7 Å². The maximum atomic E-state index is 5.91. The summed E-state index contributed by atoms with van der Waals surface area (Å²) < 4.78 is 1.78. The average Bonchev–Trinajstić information content (AvgIpc) is 2.41. The maximum Gasteiger partial charge on any atom is 0.177 e. The summed E-state index contributed by atoms with van der Waals surface area (Å²) in [6, 6.07) is 3.62. The van der Waals surface area contributed by atoms with E-state index in [1.54, 1.807) is 10.6 Å². The Bertz CT molecular complexity index is 434. The Balaban J connectivity index is 2.93. The topological polar surface area (TPSA) is 17.8 Å². The Hall–Kier alpha value is -0.730.